The highest BCUT2D eigenvalue weighted by Crippen LogP contribution is 2.18. The van der Waals surface area contributed by atoms with Crippen LogP contribution in [0.25, 0.3) is 0 Å². The first kappa shape index (κ1) is 12.8. The third-order valence-corrected chi connectivity index (χ3v) is 3.39. The first-order valence-electron chi connectivity index (χ1n) is 4.85. The third kappa shape index (κ3) is 3.72. The summed E-state index contributed by atoms with van der Waals surface area (Å²) in [5.74, 6) is 0.139. The first-order chi connectivity index (χ1) is 7.79. The van der Waals surface area contributed by atoms with Crippen molar-refractivity contribution in [1.29, 1.82) is 0 Å². The molecule has 0 aliphatic rings. The van der Waals surface area contributed by atoms with Gasteiger partial charge in [0.1, 0.15) is 6.29 Å². The SMILES string of the molecule is CCC=O.O=C(c1cccs1)c1cccs1. The van der Waals surface area contributed by atoms with Gasteiger partial charge in [0.15, 0.2) is 0 Å². The van der Waals surface area contributed by atoms with Crippen LogP contribution in [-0.4, -0.2) is 12.1 Å². The van der Waals surface area contributed by atoms with Gasteiger partial charge >= 0.3 is 0 Å². The monoisotopic (exact) mass is 252 g/mol. The largest absolute Gasteiger partial charge is 0.303 e. The molecule has 0 bridgehead atoms. The van der Waals surface area contributed by atoms with Crippen molar-refractivity contribution >= 4 is 34.7 Å². The normalized spacial score (nSPS) is 9.06. The molecule has 0 spiro atoms. The van der Waals surface area contributed by atoms with E-state index in [1.807, 2.05) is 41.9 Å². The number of rotatable bonds is 3. The topological polar surface area (TPSA) is 34.1 Å². The van der Waals surface area contributed by atoms with E-state index in [0.717, 1.165) is 16.0 Å². The Morgan fingerprint density at radius 1 is 1.19 bits per heavy atom. The van der Waals surface area contributed by atoms with Crippen LogP contribution in [0.2, 0.25) is 0 Å². The highest BCUT2D eigenvalue weighted by Gasteiger charge is 2.09. The van der Waals surface area contributed by atoms with Crippen LogP contribution >= 0.6 is 22.7 Å². The molecule has 2 nitrogen and oxygen atoms in total. The molecule has 16 heavy (non-hydrogen) atoms. The van der Waals surface area contributed by atoms with Gasteiger partial charge < -0.3 is 4.79 Å². The molecule has 4 heteroatoms. The molecule has 0 amide bonds. The molecule has 0 N–H and O–H groups in total. The van der Waals surface area contributed by atoms with Gasteiger partial charge in [-0.2, -0.15) is 0 Å². The number of thiophene rings is 2. The average molecular weight is 252 g/mol. The van der Waals surface area contributed by atoms with Crippen LogP contribution in [0.15, 0.2) is 35.0 Å². The Balaban J connectivity index is 0.000000280. The Labute approximate surface area is 103 Å². The second-order valence-corrected chi connectivity index (χ2v) is 4.75. The summed E-state index contributed by atoms with van der Waals surface area (Å²) in [6.45, 7) is 1.81. The summed E-state index contributed by atoms with van der Waals surface area (Å²) in [5, 5.41) is 3.84. The fraction of sp³-hybridized carbons (Fsp3) is 0.167. The van der Waals surface area contributed by atoms with Crippen molar-refractivity contribution in [3.05, 3.63) is 44.8 Å². The van der Waals surface area contributed by atoms with Crippen LogP contribution in [0.4, 0.5) is 0 Å². The zero-order valence-corrected chi connectivity index (χ0v) is 10.5. The molecular weight excluding hydrogens is 240 g/mol. The molecule has 2 heterocycles. The minimum Gasteiger partial charge on any atom is -0.303 e. The molecule has 0 aliphatic heterocycles. The van der Waals surface area contributed by atoms with Crippen molar-refractivity contribution < 1.29 is 9.59 Å². The number of ketones is 1. The van der Waals surface area contributed by atoms with E-state index in [1.54, 1.807) is 0 Å². The minimum absolute atomic E-state index is 0.139. The van der Waals surface area contributed by atoms with Crippen LogP contribution in [0.5, 0.6) is 0 Å². The van der Waals surface area contributed by atoms with Gasteiger partial charge in [-0.3, -0.25) is 4.79 Å². The number of hydrogen-bond donors (Lipinski definition) is 0. The van der Waals surface area contributed by atoms with E-state index in [4.69, 9.17) is 0 Å². The Morgan fingerprint density at radius 3 is 1.88 bits per heavy atom. The standard InChI is InChI=1S/C9H6OS2.C3H6O/c10-9(7-3-1-5-11-7)8-4-2-6-12-8;1-2-3-4/h1-6H;3H,2H2,1H3. The Hall–Kier alpha value is -1.26. The second-order valence-electron chi connectivity index (χ2n) is 2.86. The Morgan fingerprint density at radius 2 is 1.62 bits per heavy atom. The van der Waals surface area contributed by atoms with E-state index in [2.05, 4.69) is 0 Å². The molecule has 0 fully saturated rings. The molecule has 2 aromatic rings. The van der Waals surface area contributed by atoms with Gasteiger partial charge in [0.25, 0.3) is 0 Å². The highest BCUT2D eigenvalue weighted by molar-refractivity contribution is 7.15. The summed E-state index contributed by atoms with van der Waals surface area (Å²) < 4.78 is 0. The molecule has 2 rings (SSSR count). The van der Waals surface area contributed by atoms with E-state index in [0.29, 0.717) is 6.42 Å². The number of carbonyl (C=O) groups excluding carboxylic acids is 2. The van der Waals surface area contributed by atoms with Crippen molar-refractivity contribution in [2.75, 3.05) is 0 Å². The maximum atomic E-state index is 11.6. The van der Waals surface area contributed by atoms with Crippen LogP contribution in [0.1, 0.15) is 27.9 Å². The minimum atomic E-state index is 0.139. The molecular formula is C12H12O2S2. The van der Waals surface area contributed by atoms with Crippen LogP contribution in [0.3, 0.4) is 0 Å². The molecule has 0 unspecified atom stereocenters. The first-order valence-corrected chi connectivity index (χ1v) is 6.60. The van der Waals surface area contributed by atoms with Gasteiger partial charge in [0.2, 0.25) is 5.78 Å². The Bertz CT molecular complexity index is 380. The Kier molecular flexibility index (Phi) is 5.67. The number of aldehydes is 1. The molecule has 0 aromatic carbocycles. The molecule has 2 aromatic heterocycles. The van der Waals surface area contributed by atoms with Crippen molar-refractivity contribution in [2.45, 2.75) is 13.3 Å². The van der Waals surface area contributed by atoms with Crippen LogP contribution in [-0.2, 0) is 4.79 Å². The van der Waals surface area contributed by atoms with E-state index in [9.17, 15) is 9.59 Å². The van der Waals surface area contributed by atoms with Gasteiger partial charge in [0.05, 0.1) is 9.75 Å². The fourth-order valence-electron chi connectivity index (χ4n) is 0.937. The van der Waals surface area contributed by atoms with Crippen molar-refractivity contribution in [2.24, 2.45) is 0 Å². The third-order valence-electron chi connectivity index (χ3n) is 1.66. The van der Waals surface area contributed by atoms with Crippen molar-refractivity contribution in [3.8, 4) is 0 Å². The smallest absolute Gasteiger partial charge is 0.212 e. The quantitative estimate of drug-likeness (QED) is 0.617. The van der Waals surface area contributed by atoms with E-state index < -0.39 is 0 Å². The molecule has 0 saturated carbocycles. The summed E-state index contributed by atoms with van der Waals surface area (Å²) >= 11 is 2.97. The lowest BCUT2D eigenvalue weighted by Crippen LogP contribution is -1.93. The summed E-state index contributed by atoms with van der Waals surface area (Å²) in [7, 11) is 0. The van der Waals surface area contributed by atoms with E-state index in [1.165, 1.54) is 22.7 Å². The van der Waals surface area contributed by atoms with Crippen molar-refractivity contribution in [1.82, 2.24) is 0 Å². The molecule has 0 atom stereocenters. The van der Waals surface area contributed by atoms with E-state index >= 15 is 0 Å². The summed E-state index contributed by atoms with van der Waals surface area (Å²) in [5.41, 5.74) is 0. The van der Waals surface area contributed by atoms with Gasteiger partial charge in [-0.1, -0.05) is 19.1 Å². The molecule has 0 aliphatic carbocycles. The lowest BCUT2D eigenvalue weighted by Gasteiger charge is -1.89. The fourth-order valence-corrected chi connectivity index (χ4v) is 2.36. The van der Waals surface area contributed by atoms with Crippen molar-refractivity contribution in [3.63, 3.8) is 0 Å². The molecule has 0 saturated heterocycles. The van der Waals surface area contributed by atoms with Crippen LogP contribution < -0.4 is 0 Å². The maximum Gasteiger partial charge on any atom is 0.212 e. The van der Waals surface area contributed by atoms with Crippen LogP contribution in [0, 0.1) is 0 Å². The second kappa shape index (κ2) is 7.09. The predicted molar refractivity (Wildman–Crippen MR) is 68.4 cm³/mol. The predicted octanol–water partition coefficient (Wildman–Crippen LogP) is 3.64. The molecule has 84 valence electrons. The summed E-state index contributed by atoms with van der Waals surface area (Å²) in [6, 6.07) is 7.50. The lowest BCUT2D eigenvalue weighted by molar-refractivity contribution is -0.107. The van der Waals surface area contributed by atoms with Gasteiger partial charge in [-0.15, -0.1) is 22.7 Å². The van der Waals surface area contributed by atoms with E-state index in [-0.39, 0.29) is 5.78 Å². The zero-order valence-electron chi connectivity index (χ0n) is 8.88. The maximum absolute atomic E-state index is 11.6. The van der Waals surface area contributed by atoms with Gasteiger partial charge in [-0.05, 0) is 22.9 Å². The average Bonchev–Trinajstić information content (AvgIpc) is 3.00. The lowest BCUT2D eigenvalue weighted by atomic mass is 10.3. The summed E-state index contributed by atoms with van der Waals surface area (Å²) in [6.07, 6.45) is 1.51. The zero-order chi connectivity index (χ0) is 11.8. The summed E-state index contributed by atoms with van der Waals surface area (Å²) in [4.78, 5) is 22.4. The van der Waals surface area contributed by atoms with Gasteiger partial charge in [-0.25, -0.2) is 0 Å². The number of carbonyl (C=O) groups is 2. The van der Waals surface area contributed by atoms with Gasteiger partial charge in [0, 0.05) is 6.42 Å². The number of hydrogen-bond acceptors (Lipinski definition) is 4. The highest BCUT2D eigenvalue weighted by atomic mass is 32.1. The molecule has 0 radical (unpaired) electrons.